The number of carbonyl (C=O) groups excluding carboxylic acids is 1. The maximum absolute atomic E-state index is 12.6. The van der Waals surface area contributed by atoms with Crippen LogP contribution in [0.4, 0.5) is 0 Å². The highest BCUT2D eigenvalue weighted by Crippen LogP contribution is 2.39. The molecule has 3 rings (SSSR count). The Kier molecular flexibility index (Phi) is 5.75. The zero-order chi connectivity index (χ0) is 16.1. The first-order chi connectivity index (χ1) is 11.3. The van der Waals surface area contributed by atoms with Crippen molar-refractivity contribution in [2.45, 2.75) is 24.0 Å². The van der Waals surface area contributed by atoms with Crippen molar-refractivity contribution >= 4 is 29.0 Å². The van der Waals surface area contributed by atoms with Crippen molar-refractivity contribution in [1.82, 2.24) is 5.32 Å². The van der Waals surface area contributed by atoms with Crippen molar-refractivity contribution in [2.75, 3.05) is 18.9 Å². The van der Waals surface area contributed by atoms with Crippen molar-refractivity contribution in [3.05, 3.63) is 57.8 Å². The summed E-state index contributed by atoms with van der Waals surface area (Å²) in [6.07, 6.45) is 1.73. The number of amides is 1. The van der Waals surface area contributed by atoms with Crippen LogP contribution in [0, 0.1) is 0 Å². The summed E-state index contributed by atoms with van der Waals surface area (Å²) in [7, 11) is 0. The Morgan fingerprint density at radius 2 is 2.13 bits per heavy atom. The molecule has 2 aromatic rings. The van der Waals surface area contributed by atoms with Gasteiger partial charge in [-0.3, -0.25) is 4.79 Å². The zero-order valence-electron chi connectivity index (χ0n) is 12.9. The molecule has 1 aliphatic heterocycles. The van der Waals surface area contributed by atoms with E-state index in [2.05, 4.69) is 28.9 Å². The van der Waals surface area contributed by atoms with Crippen LogP contribution in [0.5, 0.6) is 0 Å². The second kappa shape index (κ2) is 7.99. The minimum absolute atomic E-state index is 0.0875. The van der Waals surface area contributed by atoms with E-state index in [-0.39, 0.29) is 23.7 Å². The molecule has 0 fully saturated rings. The number of rotatable bonds is 6. The highest BCUT2D eigenvalue weighted by molar-refractivity contribution is 8.00. The summed E-state index contributed by atoms with van der Waals surface area (Å²) < 4.78 is 0. The summed E-state index contributed by atoms with van der Waals surface area (Å²) in [4.78, 5) is 14.0. The minimum atomic E-state index is -0.0875. The van der Waals surface area contributed by atoms with Gasteiger partial charge in [-0.2, -0.15) is 0 Å². The molecular weight excluding hydrogens is 326 g/mol. The van der Waals surface area contributed by atoms with Crippen LogP contribution < -0.4 is 5.32 Å². The van der Waals surface area contributed by atoms with Gasteiger partial charge in [0.05, 0.1) is 0 Å². The highest BCUT2D eigenvalue weighted by Gasteiger charge is 2.28. The van der Waals surface area contributed by atoms with Gasteiger partial charge in [-0.15, -0.1) is 23.1 Å². The number of aliphatic hydroxyl groups is 1. The molecule has 3 nitrogen and oxygen atoms in total. The van der Waals surface area contributed by atoms with Gasteiger partial charge in [0.1, 0.15) is 5.25 Å². The van der Waals surface area contributed by atoms with Gasteiger partial charge in [0.25, 0.3) is 0 Å². The Morgan fingerprint density at radius 1 is 1.30 bits per heavy atom. The highest BCUT2D eigenvalue weighted by atomic mass is 32.2. The number of fused-ring (bicyclic) bond motifs is 1. The molecule has 122 valence electrons. The van der Waals surface area contributed by atoms with E-state index in [1.54, 1.807) is 23.1 Å². The first kappa shape index (κ1) is 16.6. The maximum atomic E-state index is 12.6. The standard InChI is InChI=1S/C18H21NO2S2/c20-9-6-14(13-4-2-1-3-5-13)12-19-18(21)17-15-7-10-22-16(15)8-11-23-17/h1-5,7,10,14,17,20H,6,8-9,11-12H2,(H,19,21). The van der Waals surface area contributed by atoms with Crippen molar-refractivity contribution < 1.29 is 9.90 Å². The normalized spacial score (nSPS) is 18.2. The van der Waals surface area contributed by atoms with E-state index in [1.165, 1.54) is 10.4 Å². The van der Waals surface area contributed by atoms with Crippen LogP contribution in [0.3, 0.4) is 0 Å². The predicted octanol–water partition coefficient (Wildman–Crippen LogP) is 3.36. The predicted molar refractivity (Wildman–Crippen MR) is 97.1 cm³/mol. The molecule has 23 heavy (non-hydrogen) atoms. The average Bonchev–Trinajstić information content (AvgIpc) is 3.07. The van der Waals surface area contributed by atoms with E-state index in [9.17, 15) is 9.90 Å². The quantitative estimate of drug-likeness (QED) is 0.842. The first-order valence-corrected chi connectivity index (χ1v) is 9.84. The fraction of sp³-hybridized carbons (Fsp3) is 0.389. The Morgan fingerprint density at radius 3 is 2.91 bits per heavy atom. The molecule has 1 aliphatic rings. The number of thioether (sulfide) groups is 1. The van der Waals surface area contributed by atoms with Crippen LogP contribution in [-0.4, -0.2) is 29.9 Å². The zero-order valence-corrected chi connectivity index (χ0v) is 14.5. The molecule has 0 aliphatic carbocycles. The number of thiophene rings is 1. The van der Waals surface area contributed by atoms with Gasteiger partial charge in [0.2, 0.25) is 5.91 Å². The maximum Gasteiger partial charge on any atom is 0.237 e. The van der Waals surface area contributed by atoms with Crippen molar-refractivity contribution in [3.63, 3.8) is 0 Å². The topological polar surface area (TPSA) is 49.3 Å². The molecule has 0 saturated carbocycles. The molecule has 2 N–H and O–H groups in total. The van der Waals surface area contributed by atoms with Crippen molar-refractivity contribution in [2.24, 2.45) is 0 Å². The second-order valence-corrected chi connectivity index (χ2v) is 7.88. The molecule has 0 bridgehead atoms. The molecule has 2 unspecified atom stereocenters. The number of aryl methyl sites for hydroxylation is 1. The van der Waals surface area contributed by atoms with Crippen molar-refractivity contribution in [1.29, 1.82) is 0 Å². The van der Waals surface area contributed by atoms with Gasteiger partial charge < -0.3 is 10.4 Å². The third-order valence-electron chi connectivity index (χ3n) is 4.19. The lowest BCUT2D eigenvalue weighted by molar-refractivity contribution is -0.120. The summed E-state index contributed by atoms with van der Waals surface area (Å²) in [5.74, 6) is 1.25. The Labute approximate surface area is 145 Å². The summed E-state index contributed by atoms with van der Waals surface area (Å²) in [6, 6.07) is 12.2. The van der Waals surface area contributed by atoms with Gasteiger partial charge in [-0.25, -0.2) is 0 Å². The van der Waals surface area contributed by atoms with E-state index in [0.29, 0.717) is 13.0 Å². The SMILES string of the molecule is O=C(NCC(CCO)c1ccccc1)C1SCCc2sccc21. The van der Waals surface area contributed by atoms with E-state index in [0.717, 1.165) is 17.7 Å². The molecular formula is C18H21NO2S2. The molecule has 1 aromatic heterocycles. The largest absolute Gasteiger partial charge is 0.396 e. The molecule has 0 spiro atoms. The fourth-order valence-corrected chi connectivity index (χ4v) is 5.26. The first-order valence-electron chi connectivity index (χ1n) is 7.91. The van der Waals surface area contributed by atoms with Crippen LogP contribution >= 0.6 is 23.1 Å². The third kappa shape index (κ3) is 3.97. The van der Waals surface area contributed by atoms with Crippen LogP contribution in [0.2, 0.25) is 0 Å². The van der Waals surface area contributed by atoms with Gasteiger partial charge >= 0.3 is 0 Å². The number of nitrogens with one attached hydrogen (secondary N) is 1. The van der Waals surface area contributed by atoms with Gasteiger partial charge in [-0.05, 0) is 41.2 Å². The number of aliphatic hydroxyl groups excluding tert-OH is 1. The fourth-order valence-electron chi connectivity index (χ4n) is 2.95. The molecule has 1 aromatic carbocycles. The van der Waals surface area contributed by atoms with Crippen molar-refractivity contribution in [3.8, 4) is 0 Å². The Hall–Kier alpha value is -1.30. The summed E-state index contributed by atoms with van der Waals surface area (Å²) >= 11 is 3.47. The van der Waals surface area contributed by atoms with Crippen LogP contribution in [-0.2, 0) is 11.2 Å². The van der Waals surface area contributed by atoms with Gasteiger partial charge in [0, 0.05) is 23.9 Å². The van der Waals surface area contributed by atoms with E-state index >= 15 is 0 Å². The van der Waals surface area contributed by atoms with E-state index in [1.807, 2.05) is 18.2 Å². The minimum Gasteiger partial charge on any atom is -0.396 e. The third-order valence-corrected chi connectivity index (χ3v) is 6.42. The van der Waals surface area contributed by atoms with Crippen LogP contribution in [0.1, 0.15) is 33.6 Å². The number of carbonyl (C=O) groups is 1. The lowest BCUT2D eigenvalue weighted by Gasteiger charge is -2.23. The number of hydrogen-bond donors (Lipinski definition) is 2. The molecule has 5 heteroatoms. The lowest BCUT2D eigenvalue weighted by Crippen LogP contribution is -2.33. The van der Waals surface area contributed by atoms with E-state index < -0.39 is 0 Å². The number of hydrogen-bond acceptors (Lipinski definition) is 4. The smallest absolute Gasteiger partial charge is 0.237 e. The summed E-state index contributed by atoms with van der Waals surface area (Å²) in [5.41, 5.74) is 2.34. The van der Waals surface area contributed by atoms with Gasteiger partial charge in [-0.1, -0.05) is 30.3 Å². The summed E-state index contributed by atoms with van der Waals surface area (Å²) in [6.45, 7) is 0.697. The molecule has 2 heterocycles. The van der Waals surface area contributed by atoms with Gasteiger partial charge in [0.15, 0.2) is 0 Å². The molecule has 0 radical (unpaired) electrons. The molecule has 1 amide bonds. The Balaban J connectivity index is 1.64. The monoisotopic (exact) mass is 347 g/mol. The molecule has 0 saturated heterocycles. The lowest BCUT2D eigenvalue weighted by atomic mass is 9.96. The summed E-state index contributed by atoms with van der Waals surface area (Å²) in [5, 5.41) is 14.4. The average molecular weight is 348 g/mol. The second-order valence-electron chi connectivity index (χ2n) is 5.66. The Bertz CT molecular complexity index is 641. The van der Waals surface area contributed by atoms with Crippen LogP contribution in [0.15, 0.2) is 41.8 Å². The van der Waals surface area contributed by atoms with E-state index in [4.69, 9.17) is 0 Å². The van der Waals surface area contributed by atoms with Crippen LogP contribution in [0.25, 0.3) is 0 Å². The molecule has 2 atom stereocenters. The number of benzene rings is 1.